The molecule has 6 heteroatoms. The van der Waals surface area contributed by atoms with E-state index in [1.165, 1.54) is 32.1 Å². The number of carbonyl (C=O) groups excluding carboxylic acids is 1. The third kappa shape index (κ3) is 6.19. The highest BCUT2D eigenvalue weighted by atomic mass is 79.9. The van der Waals surface area contributed by atoms with Crippen molar-refractivity contribution >= 4 is 21.8 Å². The molecular weight excluding hydrogens is 386 g/mol. The molecule has 1 aromatic rings. The summed E-state index contributed by atoms with van der Waals surface area (Å²) in [5, 5.41) is 2.93. The first-order valence-corrected chi connectivity index (χ1v) is 9.85. The first kappa shape index (κ1) is 20.0. The lowest BCUT2D eigenvalue weighted by Gasteiger charge is -2.21. The maximum absolute atomic E-state index is 12.3. The number of methoxy groups -OCH3 is 1. The second kappa shape index (κ2) is 10.7. The van der Waals surface area contributed by atoms with Crippen molar-refractivity contribution in [1.29, 1.82) is 0 Å². The van der Waals surface area contributed by atoms with Gasteiger partial charge in [-0.1, -0.05) is 19.3 Å². The van der Waals surface area contributed by atoms with E-state index in [1.54, 1.807) is 19.2 Å². The minimum Gasteiger partial charge on any atom is -0.493 e. The zero-order valence-electron chi connectivity index (χ0n) is 15.1. The van der Waals surface area contributed by atoms with E-state index < -0.39 is 0 Å². The molecule has 0 aromatic heterocycles. The van der Waals surface area contributed by atoms with Crippen LogP contribution in [0.1, 0.15) is 55.8 Å². The number of carbonyl (C=O) groups is 1. The van der Waals surface area contributed by atoms with Gasteiger partial charge in [-0.2, -0.15) is 0 Å². The summed E-state index contributed by atoms with van der Waals surface area (Å²) < 4.78 is 17.4. The molecule has 0 atom stereocenters. The highest BCUT2D eigenvalue weighted by Crippen LogP contribution is 2.36. The third-order valence-corrected chi connectivity index (χ3v) is 4.88. The van der Waals surface area contributed by atoms with Crippen LogP contribution in [0.15, 0.2) is 16.6 Å². The van der Waals surface area contributed by atoms with Crippen molar-refractivity contribution in [2.24, 2.45) is 0 Å². The molecule has 1 amide bonds. The third-order valence-electron chi connectivity index (χ3n) is 4.29. The SMILES string of the molecule is CCOc1c(Br)cc(C(=O)NCCCOC2CCCCC2)cc1OC. The van der Waals surface area contributed by atoms with E-state index in [1.807, 2.05) is 6.92 Å². The smallest absolute Gasteiger partial charge is 0.251 e. The van der Waals surface area contributed by atoms with Gasteiger partial charge in [0.2, 0.25) is 0 Å². The normalized spacial score (nSPS) is 15.0. The van der Waals surface area contributed by atoms with Gasteiger partial charge >= 0.3 is 0 Å². The Kier molecular flexibility index (Phi) is 8.55. The lowest BCUT2D eigenvalue weighted by molar-refractivity contribution is 0.0273. The monoisotopic (exact) mass is 413 g/mol. The van der Waals surface area contributed by atoms with Gasteiger partial charge in [0.05, 0.1) is 24.3 Å². The zero-order valence-corrected chi connectivity index (χ0v) is 16.7. The second-order valence-electron chi connectivity index (χ2n) is 6.16. The van der Waals surface area contributed by atoms with Crippen molar-refractivity contribution < 1.29 is 19.0 Å². The molecule has 1 aromatic carbocycles. The Morgan fingerprint density at radius 2 is 2.04 bits per heavy atom. The molecule has 0 radical (unpaired) electrons. The molecule has 0 unspecified atom stereocenters. The Morgan fingerprint density at radius 3 is 2.72 bits per heavy atom. The van der Waals surface area contributed by atoms with Crippen molar-refractivity contribution in [2.45, 2.75) is 51.6 Å². The first-order chi connectivity index (χ1) is 12.2. The van der Waals surface area contributed by atoms with Gasteiger partial charge in [0.1, 0.15) is 0 Å². The van der Waals surface area contributed by atoms with Gasteiger partial charge in [0.25, 0.3) is 5.91 Å². The van der Waals surface area contributed by atoms with Gasteiger partial charge in [-0.15, -0.1) is 0 Å². The Hall–Kier alpha value is -1.27. The molecule has 2 rings (SSSR count). The van der Waals surface area contributed by atoms with E-state index in [-0.39, 0.29) is 5.91 Å². The standard InChI is InChI=1S/C19H28BrNO4/c1-3-24-18-16(20)12-14(13-17(18)23-2)19(22)21-10-7-11-25-15-8-5-4-6-9-15/h12-13,15H,3-11H2,1-2H3,(H,21,22). The summed E-state index contributed by atoms with van der Waals surface area (Å²) in [6.45, 7) is 3.73. The van der Waals surface area contributed by atoms with Crippen LogP contribution in [0.5, 0.6) is 11.5 Å². The van der Waals surface area contributed by atoms with Crippen molar-refractivity contribution in [3.8, 4) is 11.5 Å². The molecule has 1 aliphatic carbocycles. The fraction of sp³-hybridized carbons (Fsp3) is 0.632. The minimum atomic E-state index is -0.125. The Morgan fingerprint density at radius 1 is 1.28 bits per heavy atom. The molecule has 140 valence electrons. The van der Waals surface area contributed by atoms with Gasteiger partial charge in [0, 0.05) is 18.7 Å². The Labute approximate surface area is 158 Å². The van der Waals surface area contributed by atoms with Crippen molar-refractivity contribution in [3.05, 3.63) is 22.2 Å². The lowest BCUT2D eigenvalue weighted by atomic mass is 9.98. The number of ether oxygens (including phenoxy) is 3. The summed E-state index contributed by atoms with van der Waals surface area (Å²) in [5.74, 6) is 1.03. The van der Waals surface area contributed by atoms with E-state index in [0.29, 0.717) is 47.4 Å². The van der Waals surface area contributed by atoms with Crippen LogP contribution in [0, 0.1) is 0 Å². The van der Waals surface area contributed by atoms with Crippen LogP contribution in [0.4, 0.5) is 0 Å². The van der Waals surface area contributed by atoms with Gasteiger partial charge in [-0.05, 0) is 54.2 Å². The molecule has 25 heavy (non-hydrogen) atoms. The average Bonchev–Trinajstić information content (AvgIpc) is 2.63. The second-order valence-corrected chi connectivity index (χ2v) is 7.02. The number of amides is 1. The summed E-state index contributed by atoms with van der Waals surface area (Å²) in [6, 6.07) is 3.45. The van der Waals surface area contributed by atoms with Crippen LogP contribution in [-0.2, 0) is 4.74 Å². The summed E-state index contributed by atoms with van der Waals surface area (Å²) in [4.78, 5) is 12.3. The minimum absolute atomic E-state index is 0.125. The number of benzene rings is 1. The number of rotatable bonds is 9. The molecule has 0 heterocycles. The quantitative estimate of drug-likeness (QED) is 0.612. The molecule has 0 aliphatic heterocycles. The highest BCUT2D eigenvalue weighted by molar-refractivity contribution is 9.10. The number of nitrogens with one attached hydrogen (secondary N) is 1. The van der Waals surface area contributed by atoms with Crippen LogP contribution < -0.4 is 14.8 Å². The van der Waals surface area contributed by atoms with Crippen LogP contribution in [0.2, 0.25) is 0 Å². The molecule has 0 bridgehead atoms. The molecule has 1 N–H and O–H groups in total. The number of hydrogen-bond donors (Lipinski definition) is 1. The summed E-state index contributed by atoms with van der Waals surface area (Å²) in [7, 11) is 1.56. The lowest BCUT2D eigenvalue weighted by Crippen LogP contribution is -2.26. The van der Waals surface area contributed by atoms with Crippen molar-refractivity contribution in [2.75, 3.05) is 26.9 Å². The predicted octanol–water partition coefficient (Wildman–Crippen LogP) is 4.33. The summed E-state index contributed by atoms with van der Waals surface area (Å²) >= 11 is 3.44. The molecule has 0 saturated heterocycles. The largest absolute Gasteiger partial charge is 0.493 e. The summed E-state index contributed by atoms with van der Waals surface area (Å²) in [5.41, 5.74) is 0.542. The Balaban J connectivity index is 1.79. The highest BCUT2D eigenvalue weighted by Gasteiger charge is 2.16. The van der Waals surface area contributed by atoms with E-state index in [2.05, 4.69) is 21.2 Å². The fourth-order valence-corrected chi connectivity index (χ4v) is 3.55. The topological polar surface area (TPSA) is 56.8 Å². The molecule has 1 fully saturated rings. The van der Waals surface area contributed by atoms with Gasteiger partial charge in [-0.3, -0.25) is 4.79 Å². The first-order valence-electron chi connectivity index (χ1n) is 9.05. The maximum atomic E-state index is 12.3. The molecular formula is C19H28BrNO4. The number of hydrogen-bond acceptors (Lipinski definition) is 4. The predicted molar refractivity (Wildman–Crippen MR) is 102 cm³/mol. The van der Waals surface area contributed by atoms with Crippen molar-refractivity contribution in [1.82, 2.24) is 5.32 Å². The van der Waals surface area contributed by atoms with Crippen molar-refractivity contribution in [3.63, 3.8) is 0 Å². The average molecular weight is 414 g/mol. The van der Waals surface area contributed by atoms with Gasteiger partial charge in [-0.25, -0.2) is 0 Å². The summed E-state index contributed by atoms with van der Waals surface area (Å²) in [6.07, 6.45) is 7.45. The van der Waals surface area contributed by atoms with E-state index in [4.69, 9.17) is 14.2 Å². The molecule has 0 spiro atoms. The fourth-order valence-electron chi connectivity index (χ4n) is 2.99. The molecule has 1 aliphatic rings. The van der Waals surface area contributed by atoms with Gasteiger partial charge in [0.15, 0.2) is 11.5 Å². The van der Waals surface area contributed by atoms with Crippen LogP contribution in [0.25, 0.3) is 0 Å². The van der Waals surface area contributed by atoms with E-state index in [0.717, 1.165) is 6.42 Å². The van der Waals surface area contributed by atoms with E-state index >= 15 is 0 Å². The van der Waals surface area contributed by atoms with Crippen LogP contribution in [-0.4, -0.2) is 38.9 Å². The molecule has 5 nitrogen and oxygen atoms in total. The molecule has 1 saturated carbocycles. The van der Waals surface area contributed by atoms with Crippen LogP contribution >= 0.6 is 15.9 Å². The zero-order chi connectivity index (χ0) is 18.1. The van der Waals surface area contributed by atoms with Gasteiger partial charge < -0.3 is 19.5 Å². The van der Waals surface area contributed by atoms with E-state index in [9.17, 15) is 4.79 Å². The van der Waals surface area contributed by atoms with Crippen LogP contribution in [0.3, 0.4) is 0 Å². The Bertz CT molecular complexity index is 559. The maximum Gasteiger partial charge on any atom is 0.251 e. The number of halogens is 1.